The van der Waals surface area contributed by atoms with Gasteiger partial charge in [-0.05, 0) is 75.9 Å². The summed E-state index contributed by atoms with van der Waals surface area (Å²) in [5.74, 6) is 0. The van der Waals surface area contributed by atoms with Crippen LogP contribution < -0.4 is 0 Å². The van der Waals surface area contributed by atoms with Gasteiger partial charge in [-0.1, -0.05) is 0 Å². The Morgan fingerprint density at radius 3 is 1.28 bits per heavy atom. The van der Waals surface area contributed by atoms with E-state index in [1.54, 1.807) is 0 Å². The van der Waals surface area contributed by atoms with E-state index in [0.717, 1.165) is 0 Å². The van der Waals surface area contributed by atoms with Gasteiger partial charge in [-0.25, -0.2) is 0 Å². The van der Waals surface area contributed by atoms with Crippen molar-refractivity contribution in [3.8, 4) is 0 Å². The van der Waals surface area contributed by atoms with Crippen LogP contribution in [-0.2, 0) is 0 Å². The molecule has 2 rings (SSSR count). The van der Waals surface area contributed by atoms with Gasteiger partial charge in [0.05, 0.1) is 0 Å². The first-order valence-electron chi connectivity index (χ1n) is 6.22. The second kappa shape index (κ2) is 5.02. The first-order valence-corrected chi connectivity index (χ1v) is 7.85. The summed E-state index contributed by atoms with van der Waals surface area (Å²) in [5.41, 5.74) is 5.66. The molecular weight excluding hydrogens is 256 g/mol. The summed E-state index contributed by atoms with van der Waals surface area (Å²) >= 11 is 3.78. The second-order valence-electron chi connectivity index (χ2n) is 4.90. The van der Waals surface area contributed by atoms with Gasteiger partial charge in [0.2, 0.25) is 0 Å². The molecule has 0 unspecified atom stereocenters. The third-order valence-electron chi connectivity index (χ3n) is 3.45. The standard InChI is InChI=1S/C16H20S2/c1-9-7-15(13(5)17-9)11(3)12(4)16-8-10(2)18-14(16)6/h7-8H,1-6H3. The van der Waals surface area contributed by atoms with Gasteiger partial charge in [-0.15, -0.1) is 22.7 Å². The van der Waals surface area contributed by atoms with Gasteiger partial charge in [0.25, 0.3) is 0 Å². The summed E-state index contributed by atoms with van der Waals surface area (Å²) in [7, 11) is 0. The van der Waals surface area contributed by atoms with Crippen LogP contribution in [0.3, 0.4) is 0 Å². The van der Waals surface area contributed by atoms with Gasteiger partial charge >= 0.3 is 0 Å². The van der Waals surface area contributed by atoms with Crippen molar-refractivity contribution in [3.63, 3.8) is 0 Å². The van der Waals surface area contributed by atoms with Crippen LogP contribution in [0.1, 0.15) is 44.5 Å². The van der Waals surface area contributed by atoms with Crippen molar-refractivity contribution in [3.05, 3.63) is 42.8 Å². The Labute approximate surface area is 118 Å². The summed E-state index contributed by atoms with van der Waals surface area (Å²) in [6.07, 6.45) is 0. The van der Waals surface area contributed by atoms with Gasteiger partial charge < -0.3 is 0 Å². The van der Waals surface area contributed by atoms with Crippen molar-refractivity contribution in [2.75, 3.05) is 0 Å². The molecule has 18 heavy (non-hydrogen) atoms. The average Bonchev–Trinajstić information content (AvgIpc) is 2.79. The highest BCUT2D eigenvalue weighted by Crippen LogP contribution is 2.35. The lowest BCUT2D eigenvalue weighted by molar-refractivity contribution is 1.47. The fraction of sp³-hybridized carbons (Fsp3) is 0.375. The minimum Gasteiger partial charge on any atom is -0.145 e. The molecule has 0 aliphatic carbocycles. The maximum Gasteiger partial charge on any atom is 0.00921 e. The highest BCUT2D eigenvalue weighted by Gasteiger charge is 2.11. The van der Waals surface area contributed by atoms with Crippen molar-refractivity contribution in [2.24, 2.45) is 0 Å². The molecule has 2 aromatic rings. The molecule has 96 valence electrons. The largest absolute Gasteiger partial charge is 0.145 e. The number of allylic oxidation sites excluding steroid dienone is 2. The zero-order valence-corrected chi connectivity index (χ0v) is 13.6. The van der Waals surface area contributed by atoms with Crippen LogP contribution in [0, 0.1) is 27.7 Å². The molecule has 0 atom stereocenters. The Balaban J connectivity index is 2.54. The minimum atomic E-state index is 1.40. The van der Waals surface area contributed by atoms with E-state index >= 15 is 0 Å². The molecule has 0 aliphatic rings. The number of thiophene rings is 2. The summed E-state index contributed by atoms with van der Waals surface area (Å²) < 4.78 is 0. The van der Waals surface area contributed by atoms with Crippen molar-refractivity contribution in [1.82, 2.24) is 0 Å². The van der Waals surface area contributed by atoms with E-state index in [1.807, 2.05) is 22.7 Å². The van der Waals surface area contributed by atoms with Crippen LogP contribution in [0.4, 0.5) is 0 Å². The molecule has 0 bridgehead atoms. The van der Waals surface area contributed by atoms with Gasteiger partial charge in [0.1, 0.15) is 0 Å². The lowest BCUT2D eigenvalue weighted by Gasteiger charge is -2.07. The molecule has 0 fully saturated rings. The van der Waals surface area contributed by atoms with Crippen molar-refractivity contribution in [2.45, 2.75) is 41.5 Å². The quantitative estimate of drug-likeness (QED) is 0.631. The van der Waals surface area contributed by atoms with E-state index in [0.29, 0.717) is 0 Å². The summed E-state index contributed by atoms with van der Waals surface area (Å²) in [4.78, 5) is 5.64. The fourth-order valence-corrected chi connectivity index (χ4v) is 4.37. The van der Waals surface area contributed by atoms with Crippen molar-refractivity contribution >= 4 is 33.8 Å². The second-order valence-corrected chi connectivity index (χ2v) is 7.82. The first kappa shape index (κ1) is 13.6. The lowest BCUT2D eigenvalue weighted by Crippen LogP contribution is -1.86. The van der Waals surface area contributed by atoms with E-state index in [4.69, 9.17) is 0 Å². The summed E-state index contributed by atoms with van der Waals surface area (Å²) in [6, 6.07) is 4.63. The molecule has 0 saturated carbocycles. The first-order chi connectivity index (χ1) is 8.40. The maximum atomic E-state index is 2.31. The summed E-state index contributed by atoms with van der Waals surface area (Å²) in [6.45, 7) is 13.3. The molecule has 0 aliphatic heterocycles. The van der Waals surface area contributed by atoms with Crippen LogP contribution in [0.5, 0.6) is 0 Å². The number of hydrogen-bond donors (Lipinski definition) is 0. The van der Waals surface area contributed by atoms with E-state index in [2.05, 4.69) is 53.7 Å². The minimum absolute atomic E-state index is 1.40. The molecule has 0 radical (unpaired) electrons. The smallest absolute Gasteiger partial charge is 0.00921 e. The average molecular weight is 276 g/mol. The van der Waals surface area contributed by atoms with Crippen LogP contribution in [0.15, 0.2) is 12.1 Å². The van der Waals surface area contributed by atoms with Crippen molar-refractivity contribution < 1.29 is 0 Å². The molecule has 0 amide bonds. The molecular formula is C16H20S2. The molecule has 2 heteroatoms. The Bertz CT molecular complexity index is 555. The Morgan fingerprint density at radius 2 is 1.06 bits per heavy atom. The molecule has 0 saturated heterocycles. The predicted octanol–water partition coefficient (Wildman–Crippen LogP) is 5.99. The van der Waals surface area contributed by atoms with Gasteiger partial charge in [0, 0.05) is 19.5 Å². The van der Waals surface area contributed by atoms with E-state index in [1.165, 1.54) is 41.8 Å². The fourth-order valence-electron chi connectivity index (χ4n) is 2.41. The van der Waals surface area contributed by atoms with Crippen LogP contribution in [-0.4, -0.2) is 0 Å². The molecule has 0 spiro atoms. The SMILES string of the molecule is CC(=C(C)c1cc(C)sc1C)c1cc(C)sc1C. The Hall–Kier alpha value is -0.860. The Morgan fingerprint density at radius 1 is 0.722 bits per heavy atom. The third-order valence-corrected chi connectivity index (χ3v) is 5.38. The van der Waals surface area contributed by atoms with Crippen molar-refractivity contribution in [1.29, 1.82) is 0 Å². The topological polar surface area (TPSA) is 0 Å². The van der Waals surface area contributed by atoms with E-state index in [-0.39, 0.29) is 0 Å². The number of rotatable bonds is 2. The zero-order valence-electron chi connectivity index (χ0n) is 12.0. The van der Waals surface area contributed by atoms with Gasteiger partial charge in [0.15, 0.2) is 0 Å². The predicted molar refractivity (Wildman–Crippen MR) is 85.7 cm³/mol. The van der Waals surface area contributed by atoms with E-state index in [9.17, 15) is 0 Å². The van der Waals surface area contributed by atoms with E-state index < -0.39 is 0 Å². The molecule has 0 N–H and O–H groups in total. The van der Waals surface area contributed by atoms with Crippen LogP contribution in [0.2, 0.25) is 0 Å². The van der Waals surface area contributed by atoms with Gasteiger partial charge in [-0.2, -0.15) is 0 Å². The number of hydrogen-bond acceptors (Lipinski definition) is 2. The highest BCUT2D eigenvalue weighted by atomic mass is 32.1. The molecule has 2 aromatic heterocycles. The van der Waals surface area contributed by atoms with Crippen LogP contribution >= 0.6 is 22.7 Å². The molecule has 0 nitrogen and oxygen atoms in total. The third kappa shape index (κ3) is 2.45. The highest BCUT2D eigenvalue weighted by molar-refractivity contribution is 7.12. The van der Waals surface area contributed by atoms with Crippen LogP contribution in [0.25, 0.3) is 11.1 Å². The van der Waals surface area contributed by atoms with Gasteiger partial charge in [-0.3, -0.25) is 0 Å². The molecule has 2 heterocycles. The lowest BCUT2D eigenvalue weighted by atomic mass is 9.97. The number of aryl methyl sites for hydroxylation is 4. The Kier molecular flexibility index (Phi) is 3.79. The zero-order chi connectivity index (χ0) is 13.4. The normalized spacial score (nSPS) is 12.8. The monoisotopic (exact) mass is 276 g/mol. The summed E-state index contributed by atoms with van der Waals surface area (Å²) in [5, 5.41) is 0. The maximum absolute atomic E-state index is 2.31. The molecule has 0 aromatic carbocycles.